The molecule has 1 atom stereocenters. The monoisotopic (exact) mass is 672 g/mol. The van der Waals surface area contributed by atoms with Crippen LogP contribution in [0.5, 0.6) is 5.75 Å². The SMILES string of the molecule is COC(=O)c1cc(F)ccc1OCC(=O)NCCN(C)c1c(F)c(N2CC(NC(=O)OC(C)(C)C)C2)nc2cc([C@@H]3CCCCN3)nn12. The molecule has 0 bridgehead atoms. The summed E-state index contributed by atoms with van der Waals surface area (Å²) in [7, 11) is 2.85. The van der Waals surface area contributed by atoms with E-state index in [9.17, 15) is 18.8 Å². The molecule has 260 valence electrons. The van der Waals surface area contributed by atoms with Crippen molar-refractivity contribution in [1.82, 2.24) is 30.5 Å². The molecule has 2 aromatic heterocycles. The van der Waals surface area contributed by atoms with Crippen molar-refractivity contribution in [3.63, 3.8) is 0 Å². The number of amides is 2. The molecule has 0 unspecified atom stereocenters. The molecule has 14 nitrogen and oxygen atoms in total. The van der Waals surface area contributed by atoms with Crippen molar-refractivity contribution < 1.29 is 37.4 Å². The highest BCUT2D eigenvalue weighted by Crippen LogP contribution is 2.32. The molecule has 1 aromatic carbocycles. The number of likely N-dealkylation sites (N-methyl/N-ethyl adjacent to an activating group) is 1. The van der Waals surface area contributed by atoms with Crippen LogP contribution in [0.1, 0.15) is 62.1 Å². The number of esters is 1. The van der Waals surface area contributed by atoms with Gasteiger partial charge >= 0.3 is 12.1 Å². The van der Waals surface area contributed by atoms with Gasteiger partial charge in [-0.3, -0.25) is 4.79 Å². The first-order chi connectivity index (χ1) is 22.8. The average molecular weight is 673 g/mol. The largest absolute Gasteiger partial charge is 0.483 e. The number of hydrogen-bond acceptors (Lipinski definition) is 11. The van der Waals surface area contributed by atoms with Crippen molar-refractivity contribution in [2.24, 2.45) is 0 Å². The van der Waals surface area contributed by atoms with Gasteiger partial charge in [-0.05, 0) is 58.4 Å². The molecule has 5 rings (SSSR count). The van der Waals surface area contributed by atoms with Crippen molar-refractivity contribution in [3.05, 3.63) is 47.2 Å². The second kappa shape index (κ2) is 14.6. The molecule has 3 N–H and O–H groups in total. The smallest absolute Gasteiger partial charge is 0.407 e. The summed E-state index contributed by atoms with van der Waals surface area (Å²) in [5.41, 5.74) is 0.451. The van der Waals surface area contributed by atoms with Crippen LogP contribution in [0, 0.1) is 11.6 Å². The van der Waals surface area contributed by atoms with E-state index < -0.39 is 41.8 Å². The highest BCUT2D eigenvalue weighted by molar-refractivity contribution is 5.92. The fourth-order valence-electron chi connectivity index (χ4n) is 5.57. The van der Waals surface area contributed by atoms with E-state index in [1.165, 1.54) is 10.6 Å². The second-order valence-electron chi connectivity index (χ2n) is 12.9. The van der Waals surface area contributed by atoms with E-state index in [0.717, 1.165) is 50.7 Å². The van der Waals surface area contributed by atoms with Crippen molar-refractivity contribution in [2.45, 2.75) is 57.7 Å². The Bertz CT molecular complexity index is 1650. The molecule has 0 saturated carbocycles. The molecule has 0 radical (unpaired) electrons. The zero-order valence-electron chi connectivity index (χ0n) is 27.8. The number of benzene rings is 1. The van der Waals surface area contributed by atoms with Crippen LogP contribution >= 0.6 is 0 Å². The van der Waals surface area contributed by atoms with Gasteiger partial charge in [0, 0.05) is 39.3 Å². The maximum Gasteiger partial charge on any atom is 0.407 e. The molecule has 48 heavy (non-hydrogen) atoms. The number of piperidine rings is 1. The van der Waals surface area contributed by atoms with Crippen molar-refractivity contribution in [1.29, 1.82) is 0 Å². The number of halogens is 2. The number of nitrogens with zero attached hydrogens (tertiary/aromatic N) is 5. The number of carbonyl (C=O) groups excluding carboxylic acids is 3. The van der Waals surface area contributed by atoms with E-state index in [1.54, 1.807) is 37.6 Å². The van der Waals surface area contributed by atoms with Crippen LogP contribution in [0.25, 0.3) is 5.65 Å². The lowest BCUT2D eigenvalue weighted by Crippen LogP contribution is -2.60. The quantitative estimate of drug-likeness (QED) is 0.258. The summed E-state index contributed by atoms with van der Waals surface area (Å²) in [5, 5.41) is 13.7. The lowest BCUT2D eigenvalue weighted by molar-refractivity contribution is -0.123. The van der Waals surface area contributed by atoms with Crippen molar-refractivity contribution in [3.8, 4) is 5.75 Å². The minimum Gasteiger partial charge on any atom is -0.483 e. The summed E-state index contributed by atoms with van der Waals surface area (Å²) in [6.07, 6.45) is 2.50. The van der Waals surface area contributed by atoms with E-state index in [-0.39, 0.29) is 48.1 Å². The number of carbonyl (C=O) groups is 3. The van der Waals surface area contributed by atoms with Crippen LogP contribution in [0.3, 0.4) is 0 Å². The van der Waals surface area contributed by atoms with Crippen molar-refractivity contribution in [2.75, 3.05) is 63.3 Å². The minimum absolute atomic E-state index is 0.000709. The molecule has 16 heteroatoms. The summed E-state index contributed by atoms with van der Waals surface area (Å²) in [6, 6.07) is 4.96. The fourth-order valence-corrected chi connectivity index (χ4v) is 5.57. The number of hydrogen-bond donors (Lipinski definition) is 3. The number of alkyl carbamates (subject to hydrolysis) is 1. The Morgan fingerprint density at radius 3 is 2.60 bits per heavy atom. The van der Waals surface area contributed by atoms with Gasteiger partial charge in [0.2, 0.25) is 5.82 Å². The maximum atomic E-state index is 16.3. The normalized spacial score (nSPS) is 16.6. The molecule has 0 spiro atoms. The van der Waals surface area contributed by atoms with Crippen LogP contribution < -0.4 is 30.5 Å². The van der Waals surface area contributed by atoms with Crippen LogP contribution in [0.4, 0.5) is 25.2 Å². The first-order valence-corrected chi connectivity index (χ1v) is 15.9. The molecule has 2 aliphatic rings. The number of fused-ring (bicyclic) bond motifs is 1. The minimum atomic E-state index is -0.800. The Morgan fingerprint density at radius 2 is 1.92 bits per heavy atom. The van der Waals surface area contributed by atoms with E-state index in [4.69, 9.17) is 14.6 Å². The van der Waals surface area contributed by atoms with Gasteiger partial charge in [0.05, 0.1) is 24.9 Å². The maximum absolute atomic E-state index is 16.3. The Kier molecular flexibility index (Phi) is 10.5. The van der Waals surface area contributed by atoms with Crippen LogP contribution in [0.2, 0.25) is 0 Å². The van der Waals surface area contributed by atoms with E-state index in [0.29, 0.717) is 18.7 Å². The third kappa shape index (κ3) is 8.21. The Hall–Kier alpha value is -4.73. The summed E-state index contributed by atoms with van der Waals surface area (Å²) >= 11 is 0. The predicted molar refractivity (Wildman–Crippen MR) is 172 cm³/mol. The number of aromatic nitrogens is 3. The third-order valence-corrected chi connectivity index (χ3v) is 7.93. The zero-order chi connectivity index (χ0) is 34.6. The topological polar surface area (TPSA) is 152 Å². The standard InChI is InChI=1S/C32H42F2N8O6/c1-32(2,3)48-31(45)37-20-16-41(17-20)28-27(34)29(42-25(38-28)15-23(39-42)22-8-6-7-11-35-22)40(4)13-12-36-26(43)18-47-24-10-9-19(33)14-21(24)30(44)46-5/h9-10,14-15,20,22,35H,6-8,11-13,16-18H2,1-5H3,(H,36,43)(H,37,45)/t22-/m0/s1. The summed E-state index contributed by atoms with van der Waals surface area (Å²) < 4.78 is 46.9. The Morgan fingerprint density at radius 1 is 1.15 bits per heavy atom. The fraction of sp³-hybridized carbons (Fsp3) is 0.531. The molecule has 3 aromatic rings. The molecule has 2 saturated heterocycles. The number of methoxy groups -OCH3 is 1. The second-order valence-corrected chi connectivity index (χ2v) is 12.9. The molecule has 4 heterocycles. The van der Waals surface area contributed by atoms with Gasteiger partial charge < -0.3 is 40.0 Å². The van der Waals surface area contributed by atoms with Gasteiger partial charge in [0.25, 0.3) is 5.91 Å². The third-order valence-electron chi connectivity index (χ3n) is 7.93. The lowest BCUT2D eigenvalue weighted by atomic mass is 10.0. The van der Waals surface area contributed by atoms with Gasteiger partial charge in [-0.25, -0.2) is 19.0 Å². The van der Waals surface area contributed by atoms with Gasteiger partial charge in [-0.2, -0.15) is 14.0 Å². The highest BCUT2D eigenvalue weighted by Gasteiger charge is 2.35. The van der Waals surface area contributed by atoms with Gasteiger partial charge in [0.15, 0.2) is 23.9 Å². The molecular formula is C32H42F2N8O6. The molecular weight excluding hydrogens is 630 g/mol. The van der Waals surface area contributed by atoms with Crippen LogP contribution in [-0.4, -0.2) is 97.7 Å². The lowest BCUT2D eigenvalue weighted by Gasteiger charge is -2.40. The van der Waals surface area contributed by atoms with Gasteiger partial charge in [0.1, 0.15) is 22.7 Å². The molecule has 2 fully saturated rings. The number of nitrogens with one attached hydrogen (secondary N) is 3. The molecule has 2 amide bonds. The first-order valence-electron chi connectivity index (χ1n) is 15.9. The predicted octanol–water partition coefficient (Wildman–Crippen LogP) is 2.95. The van der Waals surface area contributed by atoms with Gasteiger partial charge in [-0.15, -0.1) is 0 Å². The van der Waals surface area contributed by atoms with Crippen molar-refractivity contribution >= 4 is 35.3 Å². The summed E-state index contributed by atoms with van der Waals surface area (Å²) in [6.45, 7) is 6.77. The summed E-state index contributed by atoms with van der Waals surface area (Å²) in [4.78, 5) is 44.8. The Balaban J connectivity index is 1.27. The van der Waals surface area contributed by atoms with E-state index in [2.05, 4.69) is 25.7 Å². The van der Waals surface area contributed by atoms with Crippen LogP contribution in [-0.2, 0) is 14.3 Å². The van der Waals surface area contributed by atoms with E-state index in [1.807, 2.05) is 6.07 Å². The number of anilines is 2. The first kappa shape index (κ1) is 34.6. The average Bonchev–Trinajstić information content (AvgIpc) is 3.44. The molecule has 0 aliphatic carbocycles. The van der Waals surface area contributed by atoms with E-state index >= 15 is 4.39 Å². The zero-order valence-corrected chi connectivity index (χ0v) is 27.8. The van der Waals surface area contributed by atoms with Gasteiger partial charge in [-0.1, -0.05) is 6.42 Å². The molecule has 2 aliphatic heterocycles. The summed E-state index contributed by atoms with van der Waals surface area (Å²) in [5.74, 6) is -2.24. The number of ether oxygens (including phenoxy) is 3. The number of rotatable bonds is 11. The highest BCUT2D eigenvalue weighted by atomic mass is 19.1. The van der Waals surface area contributed by atoms with Crippen LogP contribution in [0.15, 0.2) is 24.3 Å². The Labute approximate surface area is 277 Å².